The summed E-state index contributed by atoms with van der Waals surface area (Å²) in [6.07, 6.45) is -2.42. The molecule has 10 heteroatoms. The van der Waals surface area contributed by atoms with Gasteiger partial charge in [0.05, 0.1) is 7.11 Å². The van der Waals surface area contributed by atoms with Gasteiger partial charge in [0.2, 0.25) is 6.43 Å². The van der Waals surface area contributed by atoms with Crippen LogP contribution in [0.2, 0.25) is 0 Å². The third-order valence-corrected chi connectivity index (χ3v) is 5.71. The Morgan fingerprint density at radius 1 is 1.26 bits per heavy atom. The number of para-hydroxylation sites is 1. The molecule has 0 spiro atoms. The van der Waals surface area contributed by atoms with Crippen molar-refractivity contribution in [1.29, 1.82) is 0 Å². The molecule has 0 aliphatic carbocycles. The van der Waals surface area contributed by atoms with E-state index in [9.17, 15) is 23.5 Å². The molecule has 2 heterocycles. The molecule has 0 saturated carbocycles. The van der Waals surface area contributed by atoms with E-state index in [1.165, 1.54) is 19.4 Å². The van der Waals surface area contributed by atoms with Crippen LogP contribution in [-0.2, 0) is 9.53 Å². The number of nitrogens with zero attached hydrogens (tertiary/aromatic N) is 1. The smallest absolute Gasteiger partial charge is 0.329 e. The molecule has 1 aliphatic heterocycles. The number of cyclic esters (lactones) is 1. The van der Waals surface area contributed by atoms with Gasteiger partial charge < -0.3 is 24.6 Å². The van der Waals surface area contributed by atoms with E-state index in [4.69, 9.17) is 14.2 Å². The summed E-state index contributed by atoms with van der Waals surface area (Å²) < 4.78 is 43.2. The summed E-state index contributed by atoms with van der Waals surface area (Å²) in [7, 11) is 1.33. The van der Waals surface area contributed by atoms with Crippen molar-refractivity contribution in [2.45, 2.75) is 57.3 Å². The molecule has 1 saturated heterocycles. The molecule has 3 rings (SSSR count). The van der Waals surface area contributed by atoms with Crippen molar-refractivity contribution in [1.82, 2.24) is 10.3 Å². The number of rotatable bonds is 7. The third-order valence-electron chi connectivity index (χ3n) is 5.71. The van der Waals surface area contributed by atoms with Crippen LogP contribution in [0.25, 0.3) is 0 Å². The lowest BCUT2D eigenvalue weighted by molar-refractivity contribution is -0.156. The van der Waals surface area contributed by atoms with E-state index in [1.54, 1.807) is 37.3 Å². The number of pyridine rings is 1. The second-order valence-corrected chi connectivity index (χ2v) is 8.09. The van der Waals surface area contributed by atoms with Crippen LogP contribution in [0.15, 0.2) is 42.6 Å². The molecule has 1 aromatic heterocycles. The molecule has 184 valence electrons. The van der Waals surface area contributed by atoms with E-state index in [1.807, 2.05) is 0 Å². The van der Waals surface area contributed by atoms with Crippen LogP contribution in [0.5, 0.6) is 17.2 Å². The van der Waals surface area contributed by atoms with Crippen molar-refractivity contribution in [2.24, 2.45) is 5.92 Å². The maximum atomic E-state index is 13.3. The van der Waals surface area contributed by atoms with Gasteiger partial charge in [-0.2, -0.15) is 0 Å². The minimum Gasteiger partial charge on any atom is -0.503 e. The second kappa shape index (κ2) is 11.6. The molecular weight excluding hydrogens is 450 g/mol. The largest absolute Gasteiger partial charge is 0.503 e. The third kappa shape index (κ3) is 6.33. The standard InChI is InChI=1S/C24H28F2N2O6/c1-14-22(34-16-8-4-3-5-9-16)15(13-19(25)26)7-6-10-17(24(31)33-14)28-23(30)20-21(29)18(32-2)11-12-27-20/h3-5,8-9,11-12,14-15,17,19,22,29H,6-7,10,13H2,1-2H3,(H,28,30)/t14-,15+,17-,22-/m0/s1. The highest BCUT2D eigenvalue weighted by molar-refractivity contribution is 5.97. The SMILES string of the molecule is COc1ccnc(C(=O)N[C@H]2CCC[C@H](CC(F)F)[C@@H](Oc3ccccc3)[C@H](C)OC2=O)c1O. The minimum atomic E-state index is -2.55. The zero-order valence-corrected chi connectivity index (χ0v) is 18.9. The van der Waals surface area contributed by atoms with E-state index >= 15 is 0 Å². The van der Waals surface area contributed by atoms with Gasteiger partial charge in [-0.1, -0.05) is 24.6 Å². The molecule has 8 nitrogen and oxygen atoms in total. The predicted octanol–water partition coefficient (Wildman–Crippen LogP) is 3.73. The van der Waals surface area contributed by atoms with E-state index in [2.05, 4.69) is 10.3 Å². The molecule has 2 N–H and O–H groups in total. The Balaban J connectivity index is 1.78. The number of nitrogens with one attached hydrogen (secondary N) is 1. The highest BCUT2D eigenvalue weighted by Crippen LogP contribution is 2.31. The molecule has 34 heavy (non-hydrogen) atoms. The molecule has 0 radical (unpaired) electrons. The molecule has 1 aromatic carbocycles. The number of methoxy groups -OCH3 is 1. The Labute approximate surface area is 196 Å². The number of carbonyl (C=O) groups is 2. The van der Waals surface area contributed by atoms with Gasteiger partial charge >= 0.3 is 5.97 Å². The number of esters is 1. The Hall–Kier alpha value is -3.43. The number of hydrogen-bond donors (Lipinski definition) is 2. The molecule has 1 aliphatic rings. The van der Waals surface area contributed by atoms with Gasteiger partial charge in [-0.3, -0.25) is 4.79 Å². The quantitative estimate of drug-likeness (QED) is 0.584. The average molecular weight is 478 g/mol. The first kappa shape index (κ1) is 25.2. The van der Waals surface area contributed by atoms with Crippen molar-refractivity contribution in [3.05, 3.63) is 48.3 Å². The fraction of sp³-hybridized carbons (Fsp3) is 0.458. The Morgan fingerprint density at radius 3 is 2.68 bits per heavy atom. The number of benzene rings is 1. The highest BCUT2D eigenvalue weighted by Gasteiger charge is 2.37. The van der Waals surface area contributed by atoms with Crippen molar-refractivity contribution in [2.75, 3.05) is 7.11 Å². The topological polar surface area (TPSA) is 107 Å². The van der Waals surface area contributed by atoms with Gasteiger partial charge in [-0.05, 0) is 31.9 Å². The van der Waals surface area contributed by atoms with Gasteiger partial charge in [-0.15, -0.1) is 0 Å². The first-order chi connectivity index (χ1) is 16.3. The molecule has 2 aromatic rings. The van der Waals surface area contributed by atoms with Gasteiger partial charge in [0.15, 0.2) is 17.2 Å². The maximum Gasteiger partial charge on any atom is 0.329 e. The van der Waals surface area contributed by atoms with Crippen LogP contribution in [0.4, 0.5) is 8.78 Å². The average Bonchev–Trinajstić information content (AvgIpc) is 2.85. The van der Waals surface area contributed by atoms with Crippen molar-refractivity contribution >= 4 is 11.9 Å². The van der Waals surface area contributed by atoms with Gasteiger partial charge in [0, 0.05) is 24.6 Å². The summed E-state index contributed by atoms with van der Waals surface area (Å²) in [5.41, 5.74) is -0.305. The molecular formula is C24H28F2N2O6. The summed E-state index contributed by atoms with van der Waals surface area (Å²) in [4.78, 5) is 29.5. The number of ether oxygens (including phenoxy) is 3. The lowest BCUT2D eigenvalue weighted by atomic mass is 9.89. The number of hydrogen-bond acceptors (Lipinski definition) is 7. The van der Waals surface area contributed by atoms with Crippen LogP contribution < -0.4 is 14.8 Å². The van der Waals surface area contributed by atoms with Gasteiger partial charge in [-0.25, -0.2) is 18.6 Å². The Morgan fingerprint density at radius 2 is 2.00 bits per heavy atom. The van der Waals surface area contributed by atoms with Crippen molar-refractivity contribution < 1.29 is 37.7 Å². The monoisotopic (exact) mass is 478 g/mol. The number of halogens is 2. The van der Waals surface area contributed by atoms with Crippen LogP contribution in [0.1, 0.15) is 43.1 Å². The van der Waals surface area contributed by atoms with Crippen LogP contribution in [-0.4, -0.2) is 53.8 Å². The number of carbonyl (C=O) groups excluding carboxylic acids is 2. The lowest BCUT2D eigenvalue weighted by Gasteiger charge is -2.31. The fourth-order valence-electron chi connectivity index (χ4n) is 4.04. The maximum absolute atomic E-state index is 13.3. The summed E-state index contributed by atoms with van der Waals surface area (Å²) in [6.45, 7) is 1.59. The molecule has 1 fully saturated rings. The second-order valence-electron chi connectivity index (χ2n) is 8.09. The number of alkyl halides is 2. The molecule has 0 bridgehead atoms. The predicted molar refractivity (Wildman–Crippen MR) is 118 cm³/mol. The minimum absolute atomic E-state index is 0.0570. The Bertz CT molecular complexity index is 975. The molecule has 1 amide bonds. The summed E-state index contributed by atoms with van der Waals surface area (Å²) in [6, 6.07) is 9.07. The van der Waals surface area contributed by atoms with Crippen LogP contribution in [0.3, 0.4) is 0 Å². The number of amides is 1. The number of aromatic nitrogens is 1. The highest BCUT2D eigenvalue weighted by atomic mass is 19.3. The van der Waals surface area contributed by atoms with E-state index < -0.39 is 54.6 Å². The molecule has 0 unspecified atom stereocenters. The van der Waals surface area contributed by atoms with Gasteiger partial charge in [0.1, 0.15) is 24.0 Å². The van der Waals surface area contributed by atoms with E-state index in [-0.39, 0.29) is 17.9 Å². The van der Waals surface area contributed by atoms with Crippen molar-refractivity contribution in [3.8, 4) is 17.2 Å². The fourth-order valence-corrected chi connectivity index (χ4v) is 4.04. The number of aromatic hydroxyl groups is 1. The summed E-state index contributed by atoms with van der Waals surface area (Å²) in [5, 5.41) is 12.7. The first-order valence-corrected chi connectivity index (χ1v) is 11.0. The van der Waals surface area contributed by atoms with Crippen LogP contribution in [0, 0.1) is 5.92 Å². The van der Waals surface area contributed by atoms with Crippen LogP contribution >= 0.6 is 0 Å². The normalized spacial score (nSPS) is 23.3. The summed E-state index contributed by atoms with van der Waals surface area (Å²) in [5.74, 6) is -1.99. The lowest BCUT2D eigenvalue weighted by Crippen LogP contribution is -2.45. The Kier molecular flexibility index (Phi) is 8.61. The summed E-state index contributed by atoms with van der Waals surface area (Å²) >= 11 is 0. The van der Waals surface area contributed by atoms with E-state index in [0.29, 0.717) is 18.6 Å². The zero-order chi connectivity index (χ0) is 24.7. The van der Waals surface area contributed by atoms with E-state index in [0.717, 1.165) is 0 Å². The van der Waals surface area contributed by atoms with Gasteiger partial charge in [0.25, 0.3) is 5.91 Å². The zero-order valence-electron chi connectivity index (χ0n) is 18.9. The first-order valence-electron chi connectivity index (χ1n) is 11.0. The van der Waals surface area contributed by atoms with Crippen molar-refractivity contribution in [3.63, 3.8) is 0 Å². The molecule has 4 atom stereocenters.